The summed E-state index contributed by atoms with van der Waals surface area (Å²) in [6.45, 7) is 2.23. The molecular formula is C21H31ClO3. The lowest BCUT2D eigenvalue weighted by atomic mass is 10.0. The Morgan fingerprint density at radius 1 is 0.920 bits per heavy atom. The fraction of sp³-hybridized carbons (Fsp3) is 0.619. The van der Waals surface area contributed by atoms with Crippen molar-refractivity contribution in [1.29, 1.82) is 0 Å². The van der Waals surface area contributed by atoms with Crippen LogP contribution >= 0.6 is 11.6 Å². The first kappa shape index (κ1) is 21.7. The van der Waals surface area contributed by atoms with Gasteiger partial charge in [0.1, 0.15) is 6.10 Å². The number of ether oxygens (including phenoxy) is 1. The molecule has 0 spiro atoms. The highest BCUT2D eigenvalue weighted by molar-refractivity contribution is 6.63. The van der Waals surface area contributed by atoms with Crippen molar-refractivity contribution in [3.63, 3.8) is 0 Å². The van der Waals surface area contributed by atoms with E-state index in [0.717, 1.165) is 12.8 Å². The largest absolute Gasteiger partial charge is 0.458 e. The van der Waals surface area contributed by atoms with Crippen molar-refractivity contribution >= 4 is 22.8 Å². The third kappa shape index (κ3) is 11.0. The molecule has 0 saturated heterocycles. The molecule has 0 aliphatic rings. The Bertz CT molecular complexity index is 487. The topological polar surface area (TPSA) is 43.4 Å². The Morgan fingerprint density at radius 3 is 2.04 bits per heavy atom. The van der Waals surface area contributed by atoms with E-state index in [1.165, 1.54) is 44.9 Å². The van der Waals surface area contributed by atoms with Crippen molar-refractivity contribution < 1.29 is 14.3 Å². The van der Waals surface area contributed by atoms with Gasteiger partial charge < -0.3 is 4.74 Å². The van der Waals surface area contributed by atoms with Crippen molar-refractivity contribution in [2.75, 3.05) is 0 Å². The van der Waals surface area contributed by atoms with Gasteiger partial charge in [-0.1, -0.05) is 76.5 Å². The minimum Gasteiger partial charge on any atom is -0.458 e. The van der Waals surface area contributed by atoms with Crippen LogP contribution in [-0.4, -0.2) is 17.3 Å². The lowest BCUT2D eigenvalue weighted by molar-refractivity contribution is -0.113. The lowest BCUT2D eigenvalue weighted by Crippen LogP contribution is -2.20. The molecule has 0 aliphatic heterocycles. The first-order valence-corrected chi connectivity index (χ1v) is 9.95. The molecule has 1 rings (SSSR count). The van der Waals surface area contributed by atoms with Gasteiger partial charge in [-0.3, -0.25) is 4.79 Å². The first-order valence-electron chi connectivity index (χ1n) is 9.57. The fourth-order valence-corrected chi connectivity index (χ4v) is 3.03. The average Bonchev–Trinajstić information content (AvgIpc) is 2.60. The Kier molecular flexibility index (Phi) is 12.0. The van der Waals surface area contributed by atoms with Crippen molar-refractivity contribution in [3.8, 4) is 0 Å². The maximum atomic E-state index is 12.1. The molecule has 0 amide bonds. The van der Waals surface area contributed by atoms with Crippen LogP contribution in [0.2, 0.25) is 0 Å². The van der Waals surface area contributed by atoms with Gasteiger partial charge in [-0.25, -0.2) is 4.79 Å². The molecule has 140 valence electrons. The van der Waals surface area contributed by atoms with E-state index < -0.39 is 11.3 Å². The SMILES string of the molecule is CCCCCCCCCCC[C@H](CC(=O)Cl)OC(=O)c1ccccc1. The van der Waals surface area contributed by atoms with E-state index in [2.05, 4.69) is 6.92 Å². The van der Waals surface area contributed by atoms with Crippen LogP contribution < -0.4 is 0 Å². The third-order valence-electron chi connectivity index (χ3n) is 4.30. The summed E-state index contributed by atoms with van der Waals surface area (Å²) in [6, 6.07) is 8.84. The number of carbonyl (C=O) groups is 2. The number of hydrogen-bond acceptors (Lipinski definition) is 3. The monoisotopic (exact) mass is 366 g/mol. The van der Waals surface area contributed by atoms with Gasteiger partial charge in [-0.15, -0.1) is 0 Å². The van der Waals surface area contributed by atoms with E-state index in [9.17, 15) is 9.59 Å². The summed E-state index contributed by atoms with van der Waals surface area (Å²) in [5.41, 5.74) is 0.501. The number of benzene rings is 1. The highest BCUT2D eigenvalue weighted by Crippen LogP contribution is 2.16. The van der Waals surface area contributed by atoms with Gasteiger partial charge in [0.05, 0.1) is 12.0 Å². The van der Waals surface area contributed by atoms with Crippen LogP contribution in [0.15, 0.2) is 30.3 Å². The zero-order valence-corrected chi connectivity index (χ0v) is 16.1. The lowest BCUT2D eigenvalue weighted by Gasteiger charge is -2.16. The number of halogens is 1. The van der Waals surface area contributed by atoms with Crippen LogP contribution in [-0.2, 0) is 9.53 Å². The molecule has 0 fully saturated rings. The second kappa shape index (κ2) is 13.9. The number of carbonyl (C=O) groups excluding carboxylic acids is 2. The number of esters is 1. The summed E-state index contributed by atoms with van der Waals surface area (Å²) in [5.74, 6) is -0.389. The molecule has 3 nitrogen and oxygen atoms in total. The highest BCUT2D eigenvalue weighted by Gasteiger charge is 2.18. The van der Waals surface area contributed by atoms with E-state index in [0.29, 0.717) is 12.0 Å². The molecule has 4 heteroatoms. The Morgan fingerprint density at radius 2 is 1.48 bits per heavy atom. The summed E-state index contributed by atoms with van der Waals surface area (Å²) in [7, 11) is 0. The standard InChI is InChI=1S/C21H31ClO3/c1-2-3-4-5-6-7-8-9-13-16-19(17-20(22)23)25-21(24)18-14-11-10-12-15-18/h10-12,14-15,19H,2-9,13,16-17H2,1H3/t19-/m1/s1. The van der Waals surface area contributed by atoms with Gasteiger partial charge in [0, 0.05) is 0 Å². The molecule has 25 heavy (non-hydrogen) atoms. The zero-order valence-electron chi connectivity index (χ0n) is 15.3. The van der Waals surface area contributed by atoms with Crippen molar-refractivity contribution in [2.45, 2.75) is 83.7 Å². The summed E-state index contributed by atoms with van der Waals surface area (Å²) in [6.07, 6.45) is 11.4. The van der Waals surface area contributed by atoms with Crippen LogP contribution in [0.25, 0.3) is 0 Å². The molecule has 1 atom stereocenters. The van der Waals surface area contributed by atoms with Gasteiger partial charge >= 0.3 is 5.97 Å². The van der Waals surface area contributed by atoms with Crippen LogP contribution in [0.4, 0.5) is 0 Å². The average molecular weight is 367 g/mol. The van der Waals surface area contributed by atoms with Gasteiger partial charge in [0.25, 0.3) is 0 Å². The van der Waals surface area contributed by atoms with Crippen LogP contribution in [0.1, 0.15) is 87.9 Å². The van der Waals surface area contributed by atoms with E-state index in [-0.39, 0.29) is 12.4 Å². The van der Waals surface area contributed by atoms with Crippen molar-refractivity contribution in [3.05, 3.63) is 35.9 Å². The molecule has 0 aliphatic carbocycles. The minimum atomic E-state index is -0.457. The second-order valence-corrected chi connectivity index (χ2v) is 6.99. The highest BCUT2D eigenvalue weighted by atomic mass is 35.5. The molecule has 0 bridgehead atoms. The van der Waals surface area contributed by atoms with Crippen molar-refractivity contribution in [1.82, 2.24) is 0 Å². The number of unbranched alkanes of at least 4 members (excludes halogenated alkanes) is 8. The second-order valence-electron chi connectivity index (χ2n) is 6.57. The molecule has 0 unspecified atom stereocenters. The van der Waals surface area contributed by atoms with Crippen LogP contribution in [0.5, 0.6) is 0 Å². The summed E-state index contributed by atoms with van der Waals surface area (Å²) in [4.78, 5) is 23.3. The Balaban J connectivity index is 2.24. The van der Waals surface area contributed by atoms with E-state index in [1.54, 1.807) is 24.3 Å². The maximum absolute atomic E-state index is 12.1. The number of hydrogen-bond donors (Lipinski definition) is 0. The predicted molar refractivity (Wildman–Crippen MR) is 103 cm³/mol. The van der Waals surface area contributed by atoms with Crippen LogP contribution in [0, 0.1) is 0 Å². The fourth-order valence-electron chi connectivity index (χ4n) is 2.86. The van der Waals surface area contributed by atoms with E-state index in [1.807, 2.05) is 6.07 Å². The van der Waals surface area contributed by atoms with E-state index >= 15 is 0 Å². The van der Waals surface area contributed by atoms with Gasteiger partial charge in [0.15, 0.2) is 0 Å². The number of rotatable bonds is 14. The molecule has 1 aromatic rings. The van der Waals surface area contributed by atoms with E-state index in [4.69, 9.17) is 16.3 Å². The molecule has 0 N–H and O–H groups in total. The maximum Gasteiger partial charge on any atom is 0.338 e. The molecule has 0 aromatic heterocycles. The minimum absolute atomic E-state index is 0.0805. The van der Waals surface area contributed by atoms with Crippen LogP contribution in [0.3, 0.4) is 0 Å². The quantitative estimate of drug-likeness (QED) is 0.221. The van der Waals surface area contributed by atoms with Gasteiger partial charge in [-0.05, 0) is 36.6 Å². The zero-order chi connectivity index (χ0) is 18.3. The smallest absolute Gasteiger partial charge is 0.338 e. The van der Waals surface area contributed by atoms with Crippen molar-refractivity contribution in [2.24, 2.45) is 0 Å². The molecule has 0 heterocycles. The Hall–Kier alpha value is -1.35. The molecular weight excluding hydrogens is 336 g/mol. The third-order valence-corrected chi connectivity index (χ3v) is 4.46. The summed E-state index contributed by atoms with van der Waals surface area (Å²) < 4.78 is 5.48. The predicted octanol–water partition coefficient (Wildman–Crippen LogP) is 6.29. The normalized spacial score (nSPS) is 11.9. The summed E-state index contributed by atoms with van der Waals surface area (Å²) >= 11 is 5.49. The Labute approximate surface area is 157 Å². The first-order chi connectivity index (χ1) is 12.1. The molecule has 0 saturated carbocycles. The summed E-state index contributed by atoms with van der Waals surface area (Å²) in [5, 5.41) is -0.457. The molecule has 0 radical (unpaired) electrons. The van der Waals surface area contributed by atoms with Gasteiger partial charge in [0.2, 0.25) is 5.24 Å². The molecule has 1 aromatic carbocycles. The van der Waals surface area contributed by atoms with Gasteiger partial charge in [-0.2, -0.15) is 0 Å².